The summed E-state index contributed by atoms with van der Waals surface area (Å²) in [6.07, 6.45) is 2.76. The molecule has 1 atom stereocenters. The van der Waals surface area contributed by atoms with Crippen LogP contribution in [-0.2, 0) is 6.42 Å². The molecule has 1 unspecified atom stereocenters. The number of carbonyl (C=O) groups is 1. The number of amides is 1. The van der Waals surface area contributed by atoms with Gasteiger partial charge in [0.05, 0.1) is 22.6 Å². The molecule has 3 aromatic rings. The lowest BCUT2D eigenvalue weighted by Gasteiger charge is -2.24. The standard InChI is InChI=1S/C19H21N3OS/c1-5-14-6-7-17-15(9-14)16(8-12(2)21-17)19(23)22(4)13(3)18-10-20-11-24-18/h6-11,13H,5H2,1-4H3. The van der Waals surface area contributed by atoms with E-state index in [1.54, 1.807) is 21.7 Å². The summed E-state index contributed by atoms with van der Waals surface area (Å²) in [7, 11) is 1.85. The Morgan fingerprint density at radius 1 is 1.33 bits per heavy atom. The number of nitrogens with zero attached hydrogens (tertiary/aromatic N) is 3. The number of rotatable bonds is 4. The maximum atomic E-state index is 13.1. The van der Waals surface area contributed by atoms with E-state index >= 15 is 0 Å². The molecule has 0 aliphatic carbocycles. The lowest BCUT2D eigenvalue weighted by molar-refractivity contribution is 0.0746. The van der Waals surface area contributed by atoms with Crippen LogP contribution in [0.4, 0.5) is 0 Å². The Morgan fingerprint density at radius 2 is 2.12 bits per heavy atom. The first kappa shape index (κ1) is 16.6. The third kappa shape index (κ3) is 3.04. The normalized spacial score (nSPS) is 12.3. The van der Waals surface area contributed by atoms with Crippen LogP contribution in [0.15, 0.2) is 36.0 Å². The van der Waals surface area contributed by atoms with Gasteiger partial charge in [-0.25, -0.2) is 0 Å². The SMILES string of the molecule is CCc1ccc2nc(C)cc(C(=O)N(C)C(C)c3cncs3)c2c1. The molecule has 0 aliphatic rings. The summed E-state index contributed by atoms with van der Waals surface area (Å²) in [4.78, 5) is 24.7. The number of hydrogen-bond acceptors (Lipinski definition) is 4. The fourth-order valence-corrected chi connectivity index (χ4v) is 3.51. The highest BCUT2D eigenvalue weighted by Gasteiger charge is 2.22. The van der Waals surface area contributed by atoms with Gasteiger partial charge in [0, 0.05) is 29.2 Å². The number of carbonyl (C=O) groups excluding carboxylic acids is 1. The zero-order chi connectivity index (χ0) is 17.3. The first-order chi connectivity index (χ1) is 11.5. The van der Waals surface area contributed by atoms with Crippen LogP contribution in [0.5, 0.6) is 0 Å². The van der Waals surface area contributed by atoms with Crippen LogP contribution in [0.25, 0.3) is 10.9 Å². The van der Waals surface area contributed by atoms with Gasteiger partial charge in [-0.3, -0.25) is 14.8 Å². The summed E-state index contributed by atoms with van der Waals surface area (Å²) >= 11 is 1.57. The van der Waals surface area contributed by atoms with Crippen molar-refractivity contribution in [2.45, 2.75) is 33.2 Å². The molecule has 1 amide bonds. The topological polar surface area (TPSA) is 46.1 Å². The van der Waals surface area contributed by atoms with Gasteiger partial charge in [-0.2, -0.15) is 0 Å². The van der Waals surface area contributed by atoms with Crippen molar-refractivity contribution in [3.8, 4) is 0 Å². The molecule has 0 spiro atoms. The molecule has 0 saturated heterocycles. The molecule has 124 valence electrons. The second-order valence-corrected chi connectivity index (χ2v) is 6.93. The van der Waals surface area contributed by atoms with E-state index in [9.17, 15) is 4.79 Å². The summed E-state index contributed by atoms with van der Waals surface area (Å²) in [5.41, 5.74) is 5.44. The molecule has 0 aliphatic heterocycles. The predicted octanol–water partition coefficient (Wildman–Crippen LogP) is 4.40. The average molecular weight is 339 g/mol. The Labute approximate surface area is 146 Å². The van der Waals surface area contributed by atoms with Gasteiger partial charge in [-0.1, -0.05) is 13.0 Å². The Hall–Kier alpha value is -2.27. The van der Waals surface area contributed by atoms with Gasteiger partial charge in [0.15, 0.2) is 0 Å². The van der Waals surface area contributed by atoms with Crippen LogP contribution in [-0.4, -0.2) is 27.8 Å². The van der Waals surface area contributed by atoms with Gasteiger partial charge in [0.2, 0.25) is 0 Å². The van der Waals surface area contributed by atoms with Crippen LogP contribution >= 0.6 is 11.3 Å². The monoisotopic (exact) mass is 339 g/mol. The summed E-state index contributed by atoms with van der Waals surface area (Å²) in [6, 6.07) is 8.04. The summed E-state index contributed by atoms with van der Waals surface area (Å²) in [5.74, 6) is 0.0136. The van der Waals surface area contributed by atoms with Crippen molar-refractivity contribution < 1.29 is 4.79 Å². The molecule has 0 bridgehead atoms. The maximum absolute atomic E-state index is 13.1. The van der Waals surface area contributed by atoms with Crippen molar-refractivity contribution in [3.05, 3.63) is 57.7 Å². The largest absolute Gasteiger partial charge is 0.334 e. The van der Waals surface area contributed by atoms with Crippen molar-refractivity contribution in [2.24, 2.45) is 0 Å². The lowest BCUT2D eigenvalue weighted by Crippen LogP contribution is -2.29. The minimum Gasteiger partial charge on any atom is -0.334 e. The highest BCUT2D eigenvalue weighted by atomic mass is 32.1. The van der Waals surface area contributed by atoms with Crippen LogP contribution in [0.2, 0.25) is 0 Å². The second-order valence-electron chi connectivity index (χ2n) is 6.01. The van der Waals surface area contributed by atoms with Crippen LogP contribution in [0.3, 0.4) is 0 Å². The molecule has 1 aromatic carbocycles. The van der Waals surface area contributed by atoms with Gasteiger partial charge in [0.1, 0.15) is 0 Å². The fourth-order valence-electron chi connectivity index (χ4n) is 2.79. The number of pyridine rings is 1. The van der Waals surface area contributed by atoms with E-state index in [0.717, 1.165) is 27.9 Å². The highest BCUT2D eigenvalue weighted by molar-refractivity contribution is 7.09. The van der Waals surface area contributed by atoms with Crippen molar-refractivity contribution in [3.63, 3.8) is 0 Å². The van der Waals surface area contributed by atoms with Gasteiger partial charge < -0.3 is 4.90 Å². The summed E-state index contributed by atoms with van der Waals surface area (Å²) in [6.45, 7) is 6.07. The third-order valence-electron chi connectivity index (χ3n) is 4.40. The Kier molecular flexibility index (Phi) is 4.62. The maximum Gasteiger partial charge on any atom is 0.254 e. The number of aromatic nitrogens is 2. The number of benzene rings is 1. The molecule has 0 saturated carbocycles. The van der Waals surface area contributed by atoms with E-state index in [-0.39, 0.29) is 11.9 Å². The number of fused-ring (bicyclic) bond motifs is 1. The molecule has 5 heteroatoms. The average Bonchev–Trinajstić information content (AvgIpc) is 3.13. The zero-order valence-corrected chi connectivity index (χ0v) is 15.2. The smallest absolute Gasteiger partial charge is 0.254 e. The molecular weight excluding hydrogens is 318 g/mol. The number of hydrogen-bond donors (Lipinski definition) is 0. The zero-order valence-electron chi connectivity index (χ0n) is 14.4. The Morgan fingerprint density at radius 3 is 2.79 bits per heavy atom. The van der Waals surface area contributed by atoms with E-state index in [2.05, 4.69) is 29.0 Å². The summed E-state index contributed by atoms with van der Waals surface area (Å²) in [5, 5.41) is 0.924. The Bertz CT molecular complexity index is 874. The van der Waals surface area contributed by atoms with E-state index in [1.807, 2.05) is 39.2 Å². The Balaban J connectivity index is 2.05. The molecular formula is C19H21N3OS. The fraction of sp³-hybridized carbons (Fsp3) is 0.316. The van der Waals surface area contributed by atoms with Gasteiger partial charge in [-0.15, -0.1) is 11.3 Å². The van der Waals surface area contributed by atoms with E-state index < -0.39 is 0 Å². The van der Waals surface area contributed by atoms with Gasteiger partial charge in [0.25, 0.3) is 5.91 Å². The third-order valence-corrected chi connectivity index (χ3v) is 5.35. The molecule has 3 rings (SSSR count). The minimum atomic E-state index is -0.0112. The van der Waals surface area contributed by atoms with Crippen molar-refractivity contribution in [1.82, 2.24) is 14.9 Å². The molecule has 0 radical (unpaired) electrons. The molecule has 2 aromatic heterocycles. The van der Waals surface area contributed by atoms with E-state index in [4.69, 9.17) is 0 Å². The molecule has 0 fully saturated rings. The van der Waals surface area contributed by atoms with Crippen molar-refractivity contribution in [1.29, 1.82) is 0 Å². The van der Waals surface area contributed by atoms with Crippen LogP contribution in [0.1, 0.15) is 46.4 Å². The predicted molar refractivity (Wildman–Crippen MR) is 98.5 cm³/mol. The molecule has 2 heterocycles. The highest BCUT2D eigenvalue weighted by Crippen LogP contribution is 2.27. The lowest BCUT2D eigenvalue weighted by atomic mass is 10.0. The molecule has 24 heavy (non-hydrogen) atoms. The number of aryl methyl sites for hydroxylation is 2. The van der Waals surface area contributed by atoms with Crippen LogP contribution < -0.4 is 0 Å². The first-order valence-electron chi connectivity index (χ1n) is 8.07. The number of thiazole rings is 1. The second kappa shape index (κ2) is 6.69. The molecule has 0 N–H and O–H groups in total. The first-order valence-corrected chi connectivity index (χ1v) is 8.95. The minimum absolute atomic E-state index is 0.0112. The summed E-state index contributed by atoms with van der Waals surface area (Å²) < 4.78 is 0. The van der Waals surface area contributed by atoms with Crippen molar-refractivity contribution >= 4 is 28.1 Å². The van der Waals surface area contributed by atoms with Gasteiger partial charge >= 0.3 is 0 Å². The van der Waals surface area contributed by atoms with Gasteiger partial charge in [-0.05, 0) is 44.0 Å². The van der Waals surface area contributed by atoms with E-state index in [1.165, 1.54) is 5.56 Å². The van der Waals surface area contributed by atoms with E-state index in [0.29, 0.717) is 5.56 Å². The quantitative estimate of drug-likeness (QED) is 0.708. The molecule has 4 nitrogen and oxygen atoms in total. The van der Waals surface area contributed by atoms with Crippen LogP contribution in [0, 0.1) is 6.92 Å². The van der Waals surface area contributed by atoms with Crippen molar-refractivity contribution in [2.75, 3.05) is 7.05 Å².